The van der Waals surface area contributed by atoms with Gasteiger partial charge in [0.05, 0.1) is 0 Å². The van der Waals surface area contributed by atoms with E-state index in [0.717, 1.165) is 12.1 Å². The summed E-state index contributed by atoms with van der Waals surface area (Å²) < 4.78 is 59.4. The van der Waals surface area contributed by atoms with Crippen molar-refractivity contribution >= 4 is 10.0 Å². The van der Waals surface area contributed by atoms with Gasteiger partial charge in [0, 0.05) is 25.8 Å². The Hall–Kier alpha value is -1.09. The van der Waals surface area contributed by atoms with E-state index < -0.39 is 26.6 Å². The average molecular weight is 320 g/mol. The molecule has 8 heteroatoms. The molecule has 1 aliphatic rings. The number of nitrogens with one attached hydrogen (secondary N) is 2. The third kappa shape index (κ3) is 3.97. The summed E-state index contributed by atoms with van der Waals surface area (Å²) in [4.78, 5) is -0.653. The summed E-state index contributed by atoms with van der Waals surface area (Å²) in [6.45, 7) is 1.14. The summed E-state index contributed by atoms with van der Waals surface area (Å²) in [6, 6.07) is 1.81. The van der Waals surface area contributed by atoms with E-state index in [1.807, 2.05) is 0 Å². The molecule has 0 atom stereocenters. The highest BCUT2D eigenvalue weighted by molar-refractivity contribution is 7.89. The highest BCUT2D eigenvalue weighted by Gasteiger charge is 2.26. The molecule has 0 aromatic heterocycles. The molecule has 0 radical (unpaired) electrons. The van der Waals surface area contributed by atoms with Crippen LogP contribution >= 0.6 is 0 Å². The van der Waals surface area contributed by atoms with Gasteiger partial charge in [-0.15, -0.1) is 0 Å². The molecule has 2 rings (SSSR count). The molecule has 1 aromatic rings. The van der Waals surface area contributed by atoms with Gasteiger partial charge >= 0.3 is 0 Å². The number of sulfonamides is 1. The zero-order valence-electron chi connectivity index (χ0n) is 11.7. The maximum atomic E-state index is 13.8. The lowest BCUT2D eigenvalue weighted by molar-refractivity contribution is 0.0832. The van der Waals surface area contributed by atoms with Crippen LogP contribution in [0.3, 0.4) is 0 Å². The van der Waals surface area contributed by atoms with Crippen molar-refractivity contribution in [2.75, 3.05) is 20.3 Å². The first kappa shape index (κ1) is 16.3. The summed E-state index contributed by atoms with van der Waals surface area (Å²) in [5.74, 6) is -2.52. The average Bonchev–Trinajstić information content (AvgIpc) is 2.43. The number of halogens is 2. The van der Waals surface area contributed by atoms with Crippen molar-refractivity contribution in [3.05, 3.63) is 29.3 Å². The van der Waals surface area contributed by atoms with Gasteiger partial charge in [0.1, 0.15) is 4.90 Å². The summed E-state index contributed by atoms with van der Waals surface area (Å²) in [5.41, 5.74) is 0.365. The Balaban J connectivity index is 2.29. The third-order valence-electron chi connectivity index (χ3n) is 3.27. The highest BCUT2D eigenvalue weighted by Crippen LogP contribution is 2.21. The molecule has 5 nitrogen and oxygen atoms in total. The third-order valence-corrected chi connectivity index (χ3v) is 4.79. The van der Waals surface area contributed by atoms with Crippen LogP contribution in [-0.4, -0.2) is 34.7 Å². The lowest BCUT2D eigenvalue weighted by Gasteiger charge is -2.23. The second kappa shape index (κ2) is 6.78. The van der Waals surface area contributed by atoms with Gasteiger partial charge in [-0.1, -0.05) is 0 Å². The van der Waals surface area contributed by atoms with E-state index in [2.05, 4.69) is 10.0 Å². The highest BCUT2D eigenvalue weighted by atomic mass is 32.2. The van der Waals surface area contributed by atoms with Gasteiger partial charge in [-0.25, -0.2) is 21.9 Å². The lowest BCUT2D eigenvalue weighted by atomic mass is 10.1. The van der Waals surface area contributed by atoms with Crippen LogP contribution in [0.25, 0.3) is 0 Å². The van der Waals surface area contributed by atoms with E-state index in [1.165, 1.54) is 0 Å². The normalized spacial score (nSPS) is 17.1. The van der Waals surface area contributed by atoms with Crippen molar-refractivity contribution in [3.63, 3.8) is 0 Å². The Morgan fingerprint density at radius 1 is 1.29 bits per heavy atom. The summed E-state index contributed by atoms with van der Waals surface area (Å²) in [5, 5.41) is 2.77. The number of ether oxygens (including phenoxy) is 1. The van der Waals surface area contributed by atoms with Crippen molar-refractivity contribution in [1.29, 1.82) is 0 Å². The quantitative estimate of drug-likeness (QED) is 0.854. The Morgan fingerprint density at radius 3 is 2.57 bits per heavy atom. The Labute approximate surface area is 122 Å². The van der Waals surface area contributed by atoms with Crippen LogP contribution < -0.4 is 10.0 Å². The molecule has 0 spiro atoms. The first-order chi connectivity index (χ1) is 9.94. The molecular weight excluding hydrogens is 302 g/mol. The van der Waals surface area contributed by atoms with Gasteiger partial charge in [-0.3, -0.25) is 0 Å². The topological polar surface area (TPSA) is 67.4 Å². The molecule has 0 amide bonds. The minimum Gasteiger partial charge on any atom is -0.381 e. The molecule has 118 valence electrons. The van der Waals surface area contributed by atoms with Crippen LogP contribution in [0.2, 0.25) is 0 Å². The van der Waals surface area contributed by atoms with Gasteiger partial charge in [-0.05, 0) is 37.6 Å². The lowest BCUT2D eigenvalue weighted by Crippen LogP contribution is -2.39. The molecule has 1 heterocycles. The minimum atomic E-state index is -4.10. The summed E-state index contributed by atoms with van der Waals surface area (Å²) in [7, 11) is -2.47. The van der Waals surface area contributed by atoms with E-state index in [-0.39, 0.29) is 12.6 Å². The van der Waals surface area contributed by atoms with Gasteiger partial charge in [-0.2, -0.15) is 0 Å². The van der Waals surface area contributed by atoms with Gasteiger partial charge in [0.2, 0.25) is 10.0 Å². The molecule has 0 saturated carbocycles. The van der Waals surface area contributed by atoms with Gasteiger partial charge in [0.25, 0.3) is 0 Å². The molecule has 1 fully saturated rings. The van der Waals surface area contributed by atoms with E-state index in [0.29, 0.717) is 31.6 Å². The number of rotatable bonds is 5. The fraction of sp³-hybridized carbons (Fsp3) is 0.538. The van der Waals surface area contributed by atoms with Gasteiger partial charge in [0.15, 0.2) is 11.6 Å². The largest absolute Gasteiger partial charge is 0.381 e. The van der Waals surface area contributed by atoms with Crippen LogP contribution in [0.1, 0.15) is 18.4 Å². The molecule has 21 heavy (non-hydrogen) atoms. The first-order valence-electron chi connectivity index (χ1n) is 6.66. The SMILES string of the molecule is CNCc1cc(F)c(F)c(S(=O)(=O)NC2CCOCC2)c1. The zero-order valence-corrected chi connectivity index (χ0v) is 12.5. The maximum absolute atomic E-state index is 13.8. The van der Waals surface area contributed by atoms with Crippen LogP contribution in [0.5, 0.6) is 0 Å². The monoisotopic (exact) mass is 320 g/mol. The van der Waals surface area contributed by atoms with E-state index in [9.17, 15) is 17.2 Å². The molecule has 0 aliphatic carbocycles. The maximum Gasteiger partial charge on any atom is 0.243 e. The summed E-state index contributed by atoms with van der Waals surface area (Å²) in [6.07, 6.45) is 1.03. The number of benzene rings is 1. The molecule has 1 aliphatic heterocycles. The fourth-order valence-electron chi connectivity index (χ4n) is 2.22. The summed E-state index contributed by atoms with van der Waals surface area (Å²) >= 11 is 0. The van der Waals surface area contributed by atoms with Crippen molar-refractivity contribution in [3.8, 4) is 0 Å². The van der Waals surface area contributed by atoms with Crippen LogP contribution in [0.4, 0.5) is 8.78 Å². The molecule has 1 saturated heterocycles. The van der Waals surface area contributed by atoms with Crippen LogP contribution in [0, 0.1) is 11.6 Å². The predicted octanol–water partition coefficient (Wildman–Crippen LogP) is 1.14. The number of hydrogen-bond acceptors (Lipinski definition) is 4. The minimum absolute atomic E-state index is 0.247. The standard InChI is InChI=1S/C13H18F2N2O3S/c1-16-8-9-6-11(14)13(15)12(7-9)21(18,19)17-10-2-4-20-5-3-10/h6-7,10,16-17H,2-5,8H2,1H3. The molecule has 1 aromatic carbocycles. The van der Waals surface area contributed by atoms with Crippen molar-refractivity contribution in [2.45, 2.75) is 30.3 Å². The van der Waals surface area contributed by atoms with Gasteiger partial charge < -0.3 is 10.1 Å². The zero-order chi connectivity index (χ0) is 15.5. The predicted molar refractivity (Wildman–Crippen MR) is 73.3 cm³/mol. The smallest absolute Gasteiger partial charge is 0.243 e. The fourth-order valence-corrected chi connectivity index (χ4v) is 3.66. The van der Waals surface area contributed by atoms with Crippen LogP contribution in [0.15, 0.2) is 17.0 Å². The second-order valence-corrected chi connectivity index (χ2v) is 6.61. The van der Waals surface area contributed by atoms with Crippen molar-refractivity contribution in [1.82, 2.24) is 10.0 Å². The Morgan fingerprint density at radius 2 is 1.95 bits per heavy atom. The van der Waals surface area contributed by atoms with Crippen molar-refractivity contribution < 1.29 is 21.9 Å². The van der Waals surface area contributed by atoms with E-state index in [4.69, 9.17) is 4.74 Å². The Bertz CT molecular complexity index is 602. The number of hydrogen-bond donors (Lipinski definition) is 2. The second-order valence-electron chi connectivity index (χ2n) is 4.93. The van der Waals surface area contributed by atoms with E-state index in [1.54, 1.807) is 7.05 Å². The molecule has 0 bridgehead atoms. The van der Waals surface area contributed by atoms with E-state index >= 15 is 0 Å². The Kier molecular flexibility index (Phi) is 5.26. The molecule has 0 unspecified atom stereocenters. The molecular formula is C13H18F2N2O3S. The van der Waals surface area contributed by atoms with Crippen LogP contribution in [-0.2, 0) is 21.3 Å². The van der Waals surface area contributed by atoms with Crippen molar-refractivity contribution in [2.24, 2.45) is 0 Å². The first-order valence-corrected chi connectivity index (χ1v) is 8.15. The molecule has 2 N–H and O–H groups in total.